The van der Waals surface area contributed by atoms with Gasteiger partial charge in [0.25, 0.3) is 5.91 Å². The molecule has 0 bridgehead atoms. The Balaban J connectivity index is 1.86. The Morgan fingerprint density at radius 3 is 2.58 bits per heavy atom. The van der Waals surface area contributed by atoms with Crippen molar-refractivity contribution in [3.8, 4) is 11.8 Å². The molecule has 2 unspecified atom stereocenters. The standard InChI is InChI=1S/C15H15NO3/c17-14(9-6-11-4-2-1-3-5-11)16-13-8-7-12(10-13)15(18)19/h1-5,12-13H,7-8,10H2,(H,16,17)(H,18,19). The minimum Gasteiger partial charge on any atom is -0.481 e. The van der Waals surface area contributed by atoms with E-state index in [9.17, 15) is 9.59 Å². The van der Waals surface area contributed by atoms with Crippen LogP contribution in [-0.4, -0.2) is 23.0 Å². The van der Waals surface area contributed by atoms with E-state index in [4.69, 9.17) is 5.11 Å². The number of hydrogen-bond acceptors (Lipinski definition) is 2. The van der Waals surface area contributed by atoms with E-state index in [0.29, 0.717) is 19.3 Å². The van der Waals surface area contributed by atoms with E-state index in [2.05, 4.69) is 17.2 Å². The van der Waals surface area contributed by atoms with Crippen LogP contribution in [0.15, 0.2) is 30.3 Å². The molecular formula is C15H15NO3. The molecule has 0 spiro atoms. The maximum absolute atomic E-state index is 11.6. The fourth-order valence-electron chi connectivity index (χ4n) is 2.21. The van der Waals surface area contributed by atoms with Crippen LogP contribution in [0.3, 0.4) is 0 Å². The van der Waals surface area contributed by atoms with Crippen LogP contribution < -0.4 is 5.32 Å². The highest BCUT2D eigenvalue weighted by atomic mass is 16.4. The summed E-state index contributed by atoms with van der Waals surface area (Å²) in [7, 11) is 0. The summed E-state index contributed by atoms with van der Waals surface area (Å²) in [5.74, 6) is 3.82. The summed E-state index contributed by atoms with van der Waals surface area (Å²) in [6.45, 7) is 0. The second-order valence-electron chi connectivity index (χ2n) is 4.63. The summed E-state index contributed by atoms with van der Waals surface area (Å²) in [6, 6.07) is 9.19. The first kappa shape index (κ1) is 13.2. The van der Waals surface area contributed by atoms with Gasteiger partial charge in [-0.05, 0) is 31.4 Å². The molecule has 4 nitrogen and oxygen atoms in total. The predicted molar refractivity (Wildman–Crippen MR) is 70.2 cm³/mol. The highest BCUT2D eigenvalue weighted by Gasteiger charge is 2.30. The maximum atomic E-state index is 11.6. The molecule has 19 heavy (non-hydrogen) atoms. The van der Waals surface area contributed by atoms with E-state index >= 15 is 0 Å². The second kappa shape index (κ2) is 6.05. The van der Waals surface area contributed by atoms with Crippen molar-refractivity contribution in [3.05, 3.63) is 35.9 Å². The van der Waals surface area contributed by atoms with Crippen molar-refractivity contribution in [3.63, 3.8) is 0 Å². The molecule has 4 heteroatoms. The van der Waals surface area contributed by atoms with Crippen molar-refractivity contribution in [2.45, 2.75) is 25.3 Å². The van der Waals surface area contributed by atoms with Crippen LogP contribution in [0.4, 0.5) is 0 Å². The number of carboxylic acid groups (broad SMARTS) is 1. The van der Waals surface area contributed by atoms with E-state index in [-0.39, 0.29) is 17.9 Å². The Labute approximate surface area is 111 Å². The van der Waals surface area contributed by atoms with Crippen molar-refractivity contribution in [1.82, 2.24) is 5.32 Å². The van der Waals surface area contributed by atoms with E-state index in [1.807, 2.05) is 30.3 Å². The number of nitrogens with one attached hydrogen (secondary N) is 1. The average Bonchev–Trinajstić information content (AvgIpc) is 2.86. The number of benzene rings is 1. The van der Waals surface area contributed by atoms with E-state index in [0.717, 1.165) is 5.56 Å². The number of carbonyl (C=O) groups excluding carboxylic acids is 1. The lowest BCUT2D eigenvalue weighted by Gasteiger charge is -2.08. The van der Waals surface area contributed by atoms with Gasteiger partial charge in [0.1, 0.15) is 0 Å². The Kier molecular flexibility index (Phi) is 4.19. The number of rotatable bonds is 2. The summed E-state index contributed by atoms with van der Waals surface area (Å²) in [5, 5.41) is 11.6. The molecular weight excluding hydrogens is 242 g/mol. The molecule has 1 saturated carbocycles. The first-order chi connectivity index (χ1) is 9.15. The Morgan fingerprint density at radius 1 is 1.21 bits per heavy atom. The molecule has 2 N–H and O–H groups in total. The van der Waals surface area contributed by atoms with Crippen LogP contribution in [0.25, 0.3) is 0 Å². The Morgan fingerprint density at radius 2 is 1.95 bits per heavy atom. The molecule has 98 valence electrons. The third kappa shape index (κ3) is 3.85. The van der Waals surface area contributed by atoms with Crippen molar-refractivity contribution in [2.24, 2.45) is 5.92 Å². The Bertz CT molecular complexity index is 527. The summed E-state index contributed by atoms with van der Waals surface area (Å²) < 4.78 is 0. The first-order valence-electron chi connectivity index (χ1n) is 6.25. The summed E-state index contributed by atoms with van der Waals surface area (Å²) in [5.41, 5.74) is 0.785. The van der Waals surface area contributed by atoms with E-state index < -0.39 is 5.97 Å². The fraction of sp³-hybridized carbons (Fsp3) is 0.333. The normalized spacial score (nSPS) is 21.3. The van der Waals surface area contributed by atoms with Crippen LogP contribution >= 0.6 is 0 Å². The summed E-state index contributed by atoms with van der Waals surface area (Å²) in [6.07, 6.45) is 1.82. The molecule has 0 aromatic heterocycles. The minimum absolute atomic E-state index is 0.0707. The average molecular weight is 257 g/mol. The van der Waals surface area contributed by atoms with Crippen LogP contribution in [0.2, 0.25) is 0 Å². The van der Waals surface area contributed by atoms with Gasteiger partial charge in [-0.15, -0.1) is 0 Å². The van der Waals surface area contributed by atoms with Gasteiger partial charge in [-0.1, -0.05) is 24.1 Å². The molecule has 0 aliphatic heterocycles. The topological polar surface area (TPSA) is 66.4 Å². The van der Waals surface area contributed by atoms with Crippen molar-refractivity contribution < 1.29 is 14.7 Å². The van der Waals surface area contributed by atoms with Crippen LogP contribution in [0.1, 0.15) is 24.8 Å². The molecule has 1 aromatic carbocycles. The van der Waals surface area contributed by atoms with Crippen molar-refractivity contribution >= 4 is 11.9 Å². The lowest BCUT2D eigenvalue weighted by Crippen LogP contribution is -2.32. The highest BCUT2D eigenvalue weighted by molar-refractivity contribution is 5.94. The molecule has 1 amide bonds. The number of carbonyl (C=O) groups is 2. The lowest BCUT2D eigenvalue weighted by molar-refractivity contribution is -0.141. The zero-order chi connectivity index (χ0) is 13.7. The van der Waals surface area contributed by atoms with Gasteiger partial charge in [0, 0.05) is 17.5 Å². The van der Waals surface area contributed by atoms with Gasteiger partial charge >= 0.3 is 5.97 Å². The second-order valence-corrected chi connectivity index (χ2v) is 4.63. The molecule has 2 atom stereocenters. The number of hydrogen-bond donors (Lipinski definition) is 2. The monoisotopic (exact) mass is 257 g/mol. The largest absolute Gasteiger partial charge is 0.481 e. The Hall–Kier alpha value is -2.28. The first-order valence-corrected chi connectivity index (χ1v) is 6.25. The smallest absolute Gasteiger partial charge is 0.306 e. The summed E-state index contributed by atoms with van der Waals surface area (Å²) in [4.78, 5) is 22.4. The van der Waals surface area contributed by atoms with Gasteiger partial charge in [-0.25, -0.2) is 0 Å². The van der Waals surface area contributed by atoms with Gasteiger partial charge in [0.05, 0.1) is 5.92 Å². The molecule has 0 saturated heterocycles. The zero-order valence-corrected chi connectivity index (χ0v) is 10.4. The number of amides is 1. The van der Waals surface area contributed by atoms with E-state index in [1.165, 1.54) is 0 Å². The van der Waals surface area contributed by atoms with E-state index in [1.54, 1.807) is 0 Å². The van der Waals surface area contributed by atoms with Gasteiger partial charge in [-0.3, -0.25) is 9.59 Å². The van der Waals surface area contributed by atoms with Gasteiger partial charge in [0.15, 0.2) is 0 Å². The third-order valence-corrected chi connectivity index (χ3v) is 3.21. The fourth-order valence-corrected chi connectivity index (χ4v) is 2.21. The molecule has 0 heterocycles. The van der Waals surface area contributed by atoms with Crippen LogP contribution in [0.5, 0.6) is 0 Å². The van der Waals surface area contributed by atoms with Gasteiger partial charge < -0.3 is 10.4 Å². The van der Waals surface area contributed by atoms with Crippen LogP contribution in [-0.2, 0) is 9.59 Å². The number of aliphatic carboxylic acids is 1. The summed E-state index contributed by atoms with van der Waals surface area (Å²) >= 11 is 0. The van der Waals surface area contributed by atoms with Gasteiger partial charge in [-0.2, -0.15) is 0 Å². The van der Waals surface area contributed by atoms with Gasteiger partial charge in [0.2, 0.25) is 0 Å². The quantitative estimate of drug-likeness (QED) is 0.787. The molecule has 1 aliphatic carbocycles. The maximum Gasteiger partial charge on any atom is 0.306 e. The van der Waals surface area contributed by atoms with Crippen molar-refractivity contribution in [1.29, 1.82) is 0 Å². The number of carboxylic acids is 1. The molecule has 1 aromatic rings. The third-order valence-electron chi connectivity index (χ3n) is 3.21. The van der Waals surface area contributed by atoms with Crippen molar-refractivity contribution in [2.75, 3.05) is 0 Å². The molecule has 1 aliphatic rings. The molecule has 0 radical (unpaired) electrons. The zero-order valence-electron chi connectivity index (χ0n) is 10.4. The molecule has 2 rings (SSSR count). The van der Waals surface area contributed by atoms with Crippen LogP contribution in [0, 0.1) is 17.8 Å². The highest BCUT2D eigenvalue weighted by Crippen LogP contribution is 2.25. The lowest BCUT2D eigenvalue weighted by atomic mass is 10.1. The molecule has 1 fully saturated rings. The minimum atomic E-state index is -0.785. The predicted octanol–water partition coefficient (Wildman–Crippen LogP) is 1.41. The SMILES string of the molecule is O=C(C#Cc1ccccc1)NC1CCC(C(=O)O)C1.